The van der Waals surface area contributed by atoms with E-state index in [1.165, 1.54) is 6.92 Å². The number of carbonyl (C=O) groups is 6. The summed E-state index contributed by atoms with van der Waals surface area (Å²) in [4.78, 5) is 75.7. The van der Waals surface area contributed by atoms with Gasteiger partial charge in [-0.05, 0) is 31.4 Å². The van der Waals surface area contributed by atoms with Gasteiger partial charge < -0.3 is 43.2 Å². The summed E-state index contributed by atoms with van der Waals surface area (Å²) in [5.74, 6) is -5.14. The van der Waals surface area contributed by atoms with Crippen LogP contribution in [-0.2, 0) is 35.2 Å². The van der Waals surface area contributed by atoms with Gasteiger partial charge in [-0.25, -0.2) is 4.79 Å². The second kappa shape index (κ2) is 13.7. The Balaban J connectivity index is 2.33. The molecule has 206 valence electrons. The molecule has 5 amide bonds. The summed E-state index contributed by atoms with van der Waals surface area (Å²) in [7, 11) is 0. The van der Waals surface area contributed by atoms with Crippen molar-refractivity contribution in [1.29, 1.82) is 0 Å². The first-order valence-corrected chi connectivity index (χ1v) is 11.9. The van der Waals surface area contributed by atoms with E-state index in [9.17, 15) is 33.9 Å². The number of benzene rings is 1. The number of aromatic nitrogens is 1. The lowest BCUT2D eigenvalue weighted by molar-refractivity contribution is -0.142. The number of aromatic amines is 1. The highest BCUT2D eigenvalue weighted by Crippen LogP contribution is 2.19. The lowest BCUT2D eigenvalue weighted by Crippen LogP contribution is -2.57. The number of carbonyl (C=O) groups excluding carboxylic acids is 5. The van der Waals surface area contributed by atoms with Crippen LogP contribution in [0.1, 0.15) is 38.2 Å². The number of primary amides is 2. The molecular formula is C24H33N7O7. The summed E-state index contributed by atoms with van der Waals surface area (Å²) < 4.78 is 0. The molecule has 14 heteroatoms. The molecule has 0 bridgehead atoms. The molecule has 0 aliphatic rings. The zero-order valence-electron chi connectivity index (χ0n) is 20.9. The van der Waals surface area contributed by atoms with Crippen molar-refractivity contribution in [3.05, 3.63) is 36.0 Å². The fourth-order valence-corrected chi connectivity index (χ4v) is 3.68. The van der Waals surface area contributed by atoms with E-state index in [0.29, 0.717) is 5.56 Å². The summed E-state index contributed by atoms with van der Waals surface area (Å²) in [6.45, 7) is 1.41. The van der Waals surface area contributed by atoms with E-state index in [1.807, 2.05) is 18.2 Å². The van der Waals surface area contributed by atoms with E-state index in [0.717, 1.165) is 10.9 Å². The highest BCUT2D eigenvalue weighted by atomic mass is 16.4. The van der Waals surface area contributed by atoms with Gasteiger partial charge in [0.1, 0.15) is 18.1 Å². The normalized spacial score (nSPS) is 14.1. The Hall–Kier alpha value is -4.46. The minimum Gasteiger partial charge on any atom is -0.480 e. The van der Waals surface area contributed by atoms with E-state index in [4.69, 9.17) is 17.2 Å². The van der Waals surface area contributed by atoms with E-state index in [-0.39, 0.29) is 32.1 Å². The van der Waals surface area contributed by atoms with Gasteiger partial charge >= 0.3 is 5.97 Å². The number of amides is 5. The van der Waals surface area contributed by atoms with Crippen molar-refractivity contribution in [2.24, 2.45) is 17.2 Å². The monoisotopic (exact) mass is 531 g/mol. The van der Waals surface area contributed by atoms with Gasteiger partial charge in [0, 0.05) is 36.4 Å². The third kappa shape index (κ3) is 8.89. The average Bonchev–Trinajstić information content (AvgIpc) is 3.25. The van der Waals surface area contributed by atoms with Crippen LogP contribution >= 0.6 is 0 Å². The van der Waals surface area contributed by atoms with Crippen molar-refractivity contribution >= 4 is 46.4 Å². The minimum absolute atomic E-state index is 0.0481. The molecule has 0 radical (unpaired) electrons. The van der Waals surface area contributed by atoms with Crippen molar-refractivity contribution in [1.82, 2.24) is 20.9 Å². The van der Waals surface area contributed by atoms with Gasteiger partial charge in [-0.3, -0.25) is 24.0 Å². The molecule has 2 rings (SSSR count). The lowest BCUT2D eigenvalue weighted by Gasteiger charge is -2.25. The molecule has 4 atom stereocenters. The second-order valence-corrected chi connectivity index (χ2v) is 8.88. The van der Waals surface area contributed by atoms with Gasteiger partial charge in [0.2, 0.25) is 29.5 Å². The molecule has 0 saturated heterocycles. The van der Waals surface area contributed by atoms with Gasteiger partial charge in [-0.1, -0.05) is 18.2 Å². The number of fused-ring (bicyclic) bond motifs is 1. The fraction of sp³-hybridized carbons (Fsp3) is 0.417. The number of para-hydroxylation sites is 1. The maximum Gasteiger partial charge on any atom is 0.326 e. The van der Waals surface area contributed by atoms with Crippen molar-refractivity contribution < 1.29 is 33.9 Å². The van der Waals surface area contributed by atoms with Crippen LogP contribution in [0, 0.1) is 0 Å². The number of carboxylic acids is 1. The number of hydrogen-bond acceptors (Lipinski definition) is 7. The summed E-state index contributed by atoms with van der Waals surface area (Å²) in [6.07, 6.45) is 0.683. The molecule has 1 aromatic carbocycles. The molecule has 38 heavy (non-hydrogen) atoms. The van der Waals surface area contributed by atoms with Crippen LogP contribution in [0.3, 0.4) is 0 Å². The number of hydrogen-bond donors (Lipinski definition) is 8. The number of carboxylic acid groups (broad SMARTS) is 1. The first kappa shape index (κ1) is 29.8. The molecule has 2 aromatic rings. The Morgan fingerprint density at radius 1 is 0.842 bits per heavy atom. The Bertz CT molecular complexity index is 1190. The molecule has 14 nitrogen and oxygen atoms in total. The molecule has 0 saturated carbocycles. The third-order valence-corrected chi connectivity index (χ3v) is 5.75. The lowest BCUT2D eigenvalue weighted by atomic mass is 10.0. The number of rotatable bonds is 15. The van der Waals surface area contributed by atoms with E-state index in [2.05, 4.69) is 20.9 Å². The summed E-state index contributed by atoms with van der Waals surface area (Å²) in [5, 5.41) is 17.6. The molecule has 0 spiro atoms. The zero-order chi connectivity index (χ0) is 28.4. The summed E-state index contributed by atoms with van der Waals surface area (Å²) in [5.41, 5.74) is 17.3. The largest absolute Gasteiger partial charge is 0.480 e. The Labute approximate surface area is 218 Å². The van der Waals surface area contributed by atoms with Gasteiger partial charge in [-0.15, -0.1) is 0 Å². The van der Waals surface area contributed by atoms with Crippen molar-refractivity contribution in [2.45, 2.75) is 63.2 Å². The molecule has 0 aliphatic carbocycles. The first-order chi connectivity index (χ1) is 17.9. The van der Waals surface area contributed by atoms with Crippen molar-refractivity contribution in [3.63, 3.8) is 0 Å². The number of nitrogens with one attached hydrogen (secondary N) is 4. The zero-order valence-corrected chi connectivity index (χ0v) is 20.9. The van der Waals surface area contributed by atoms with Crippen LogP contribution in [-0.4, -0.2) is 69.8 Å². The Morgan fingerprint density at radius 3 is 1.95 bits per heavy atom. The van der Waals surface area contributed by atoms with Crippen LogP contribution in [0.25, 0.3) is 10.9 Å². The van der Waals surface area contributed by atoms with Crippen LogP contribution < -0.4 is 33.2 Å². The molecule has 1 aromatic heterocycles. The van der Waals surface area contributed by atoms with Gasteiger partial charge in [0.25, 0.3) is 0 Å². The van der Waals surface area contributed by atoms with Crippen molar-refractivity contribution in [3.8, 4) is 0 Å². The maximum atomic E-state index is 13.2. The van der Waals surface area contributed by atoms with E-state index < -0.39 is 59.7 Å². The SMILES string of the molecule is CC(N)C(=O)NC(CCC(N)=O)C(=O)NC(Cc1c[nH]c2ccccc12)C(=O)NC(CCC(N)=O)C(=O)O. The van der Waals surface area contributed by atoms with Crippen LogP contribution in [0.15, 0.2) is 30.5 Å². The van der Waals surface area contributed by atoms with Crippen molar-refractivity contribution in [2.75, 3.05) is 0 Å². The number of aliphatic carboxylic acids is 1. The molecule has 1 heterocycles. The van der Waals surface area contributed by atoms with Crippen LogP contribution in [0.4, 0.5) is 0 Å². The third-order valence-electron chi connectivity index (χ3n) is 5.75. The molecular weight excluding hydrogens is 498 g/mol. The standard InChI is InChI=1S/C24H33N7O7/c1-12(25)21(34)29-16(6-8-19(26)32)22(35)31-18(10-13-11-28-15-5-3-2-4-14(13)15)23(36)30-17(24(37)38)7-9-20(27)33/h2-5,11-12,16-18,28H,6-10,25H2,1H3,(H2,26,32)(H2,27,33)(H,29,34)(H,30,36)(H,31,35)(H,37,38). The second-order valence-electron chi connectivity index (χ2n) is 8.88. The Morgan fingerprint density at radius 2 is 1.37 bits per heavy atom. The van der Waals surface area contributed by atoms with E-state index in [1.54, 1.807) is 12.3 Å². The summed E-state index contributed by atoms with van der Waals surface area (Å²) >= 11 is 0. The fourth-order valence-electron chi connectivity index (χ4n) is 3.68. The molecule has 0 aliphatic heterocycles. The van der Waals surface area contributed by atoms with Gasteiger partial charge in [-0.2, -0.15) is 0 Å². The Kier molecular flexibility index (Phi) is 10.8. The predicted octanol–water partition coefficient (Wildman–Crippen LogP) is -1.87. The van der Waals surface area contributed by atoms with Crippen LogP contribution in [0.2, 0.25) is 0 Å². The smallest absolute Gasteiger partial charge is 0.326 e. The summed E-state index contributed by atoms with van der Waals surface area (Å²) in [6, 6.07) is 2.30. The molecule has 4 unspecified atom stereocenters. The highest BCUT2D eigenvalue weighted by molar-refractivity contribution is 5.95. The van der Waals surface area contributed by atoms with Gasteiger partial charge in [0.15, 0.2) is 0 Å². The number of nitrogens with two attached hydrogens (primary N) is 3. The highest BCUT2D eigenvalue weighted by Gasteiger charge is 2.31. The average molecular weight is 532 g/mol. The van der Waals surface area contributed by atoms with Crippen LogP contribution in [0.5, 0.6) is 0 Å². The predicted molar refractivity (Wildman–Crippen MR) is 136 cm³/mol. The minimum atomic E-state index is -1.44. The molecule has 0 fully saturated rings. The topological polar surface area (TPSA) is 253 Å². The number of H-pyrrole nitrogens is 1. The quantitative estimate of drug-likeness (QED) is 0.129. The molecule has 11 N–H and O–H groups in total. The van der Waals surface area contributed by atoms with E-state index >= 15 is 0 Å². The van der Waals surface area contributed by atoms with Gasteiger partial charge in [0.05, 0.1) is 6.04 Å². The maximum absolute atomic E-state index is 13.2. The first-order valence-electron chi connectivity index (χ1n) is 11.9.